The fraction of sp³-hybridized carbons (Fsp3) is 0.444. The Balaban J connectivity index is 2.00. The van der Waals surface area contributed by atoms with E-state index in [1.54, 1.807) is 6.08 Å². The highest BCUT2D eigenvalue weighted by molar-refractivity contribution is 6.13. The number of nitrogens with zero attached hydrogens (tertiary/aromatic N) is 1. The molecule has 0 aromatic heterocycles. The van der Waals surface area contributed by atoms with E-state index in [4.69, 9.17) is 0 Å². The van der Waals surface area contributed by atoms with Crippen LogP contribution in [0.4, 0.5) is 11.4 Å². The maximum Gasteiger partial charge on any atom is 0.240 e. The average Bonchev–Trinajstić information content (AvgIpc) is 3.37. The van der Waals surface area contributed by atoms with Crippen LogP contribution in [0.15, 0.2) is 36.9 Å². The molecule has 124 valence electrons. The Labute approximate surface area is 137 Å². The molecule has 1 aliphatic rings. The second kappa shape index (κ2) is 7.31. The Morgan fingerprint density at radius 2 is 1.78 bits per heavy atom. The summed E-state index contributed by atoms with van der Waals surface area (Å²) in [6.45, 7) is 10.0. The molecule has 1 aromatic rings. The molecule has 0 bridgehead atoms. The Morgan fingerprint density at radius 1 is 1.17 bits per heavy atom. The first-order valence-corrected chi connectivity index (χ1v) is 8.13. The van der Waals surface area contributed by atoms with E-state index >= 15 is 0 Å². The van der Waals surface area contributed by atoms with Crippen molar-refractivity contribution in [1.29, 1.82) is 0 Å². The number of anilines is 2. The normalized spacial score (nSPS) is 14.7. The van der Waals surface area contributed by atoms with E-state index in [9.17, 15) is 9.59 Å². The van der Waals surface area contributed by atoms with Gasteiger partial charge in [0.2, 0.25) is 11.8 Å². The lowest BCUT2D eigenvalue weighted by Crippen LogP contribution is -2.40. The Kier molecular flexibility index (Phi) is 5.42. The van der Waals surface area contributed by atoms with Crippen LogP contribution in [-0.4, -0.2) is 31.4 Å². The largest absolute Gasteiger partial charge is 0.372 e. The molecule has 2 rings (SSSR count). The maximum absolute atomic E-state index is 12.4. The van der Waals surface area contributed by atoms with Gasteiger partial charge in [0.05, 0.1) is 0 Å². The minimum atomic E-state index is -0.902. The van der Waals surface area contributed by atoms with Crippen molar-refractivity contribution >= 4 is 23.2 Å². The number of amides is 2. The molecule has 0 spiro atoms. The van der Waals surface area contributed by atoms with Gasteiger partial charge < -0.3 is 15.5 Å². The van der Waals surface area contributed by atoms with E-state index in [1.165, 1.54) is 0 Å². The molecule has 1 aromatic carbocycles. The van der Waals surface area contributed by atoms with Gasteiger partial charge in [0.1, 0.15) is 5.41 Å². The molecular weight excluding hydrogens is 290 g/mol. The second-order valence-corrected chi connectivity index (χ2v) is 5.75. The number of hydrogen-bond acceptors (Lipinski definition) is 3. The highest BCUT2D eigenvalue weighted by Gasteiger charge is 2.56. The molecule has 5 nitrogen and oxygen atoms in total. The lowest BCUT2D eigenvalue weighted by molar-refractivity contribution is -0.134. The second-order valence-electron chi connectivity index (χ2n) is 5.75. The monoisotopic (exact) mass is 315 g/mol. The molecule has 5 heteroatoms. The van der Waals surface area contributed by atoms with Crippen molar-refractivity contribution < 1.29 is 9.59 Å². The summed E-state index contributed by atoms with van der Waals surface area (Å²) in [6.07, 6.45) is 2.80. The van der Waals surface area contributed by atoms with Crippen molar-refractivity contribution in [2.45, 2.75) is 26.7 Å². The number of benzene rings is 1. The predicted octanol–water partition coefficient (Wildman–Crippen LogP) is 2.55. The smallest absolute Gasteiger partial charge is 0.240 e. The Morgan fingerprint density at radius 3 is 2.26 bits per heavy atom. The van der Waals surface area contributed by atoms with Crippen molar-refractivity contribution in [3.63, 3.8) is 0 Å². The van der Waals surface area contributed by atoms with Gasteiger partial charge in [-0.15, -0.1) is 6.58 Å². The van der Waals surface area contributed by atoms with E-state index in [0.29, 0.717) is 25.1 Å². The number of carbonyl (C=O) groups excluding carboxylic acids is 2. The summed E-state index contributed by atoms with van der Waals surface area (Å²) >= 11 is 0. The maximum atomic E-state index is 12.4. The zero-order valence-corrected chi connectivity index (χ0v) is 13.9. The summed E-state index contributed by atoms with van der Waals surface area (Å²) in [5.41, 5.74) is 0.937. The topological polar surface area (TPSA) is 61.4 Å². The quantitative estimate of drug-likeness (QED) is 0.572. The zero-order chi connectivity index (χ0) is 16.9. The molecule has 1 fully saturated rings. The van der Waals surface area contributed by atoms with Gasteiger partial charge in [0, 0.05) is 31.0 Å². The van der Waals surface area contributed by atoms with Crippen LogP contribution in [-0.2, 0) is 9.59 Å². The summed E-state index contributed by atoms with van der Waals surface area (Å²) in [5, 5.41) is 5.58. The van der Waals surface area contributed by atoms with Gasteiger partial charge >= 0.3 is 0 Å². The molecule has 2 amide bonds. The third-order valence-electron chi connectivity index (χ3n) is 4.28. The summed E-state index contributed by atoms with van der Waals surface area (Å²) in [6, 6.07) is 7.73. The van der Waals surface area contributed by atoms with Crippen LogP contribution in [0.5, 0.6) is 0 Å². The number of hydrogen-bond donors (Lipinski definition) is 2. The molecule has 0 aliphatic heterocycles. The highest BCUT2D eigenvalue weighted by Crippen LogP contribution is 2.46. The molecule has 1 aliphatic carbocycles. The SMILES string of the molecule is C=CCNC(=O)C1(C(=O)Nc2ccc(N(CC)CC)cc2)CC1. The minimum absolute atomic E-state index is 0.213. The van der Waals surface area contributed by atoms with Gasteiger partial charge in [-0.25, -0.2) is 0 Å². The van der Waals surface area contributed by atoms with Crippen molar-refractivity contribution in [2.75, 3.05) is 29.9 Å². The van der Waals surface area contributed by atoms with Crippen LogP contribution in [0.1, 0.15) is 26.7 Å². The van der Waals surface area contributed by atoms with E-state index in [1.807, 2.05) is 24.3 Å². The van der Waals surface area contributed by atoms with Crippen molar-refractivity contribution in [3.8, 4) is 0 Å². The first-order chi connectivity index (χ1) is 11.1. The summed E-state index contributed by atoms with van der Waals surface area (Å²) < 4.78 is 0. The van der Waals surface area contributed by atoms with E-state index in [0.717, 1.165) is 18.8 Å². The standard InChI is InChI=1S/C18H25N3O2/c1-4-13-19-16(22)18(11-12-18)17(23)20-14-7-9-15(10-8-14)21(5-2)6-3/h4,7-10H,1,5-6,11-13H2,2-3H3,(H,19,22)(H,20,23). The summed E-state index contributed by atoms with van der Waals surface area (Å²) in [7, 11) is 0. The molecule has 1 saturated carbocycles. The summed E-state index contributed by atoms with van der Waals surface area (Å²) in [5.74, 6) is -0.440. The van der Waals surface area contributed by atoms with Gasteiger partial charge in [-0.3, -0.25) is 9.59 Å². The lowest BCUT2D eigenvalue weighted by atomic mass is 10.0. The van der Waals surface area contributed by atoms with E-state index < -0.39 is 5.41 Å². The van der Waals surface area contributed by atoms with Crippen LogP contribution < -0.4 is 15.5 Å². The molecule has 23 heavy (non-hydrogen) atoms. The first kappa shape index (κ1) is 17.1. The fourth-order valence-electron chi connectivity index (χ4n) is 2.61. The Hall–Kier alpha value is -2.30. The van der Waals surface area contributed by atoms with Crippen LogP contribution in [0, 0.1) is 5.41 Å². The van der Waals surface area contributed by atoms with Gasteiger partial charge in [-0.05, 0) is 51.0 Å². The molecule has 0 saturated heterocycles. The molecule has 0 atom stereocenters. The third kappa shape index (κ3) is 3.73. The lowest BCUT2D eigenvalue weighted by Gasteiger charge is -2.21. The number of nitrogens with one attached hydrogen (secondary N) is 2. The molecule has 2 N–H and O–H groups in total. The van der Waals surface area contributed by atoms with Crippen LogP contribution in [0.3, 0.4) is 0 Å². The van der Waals surface area contributed by atoms with Crippen LogP contribution in [0.2, 0.25) is 0 Å². The van der Waals surface area contributed by atoms with E-state index in [2.05, 4.69) is 36.0 Å². The average molecular weight is 315 g/mol. The van der Waals surface area contributed by atoms with Gasteiger partial charge in [-0.1, -0.05) is 6.08 Å². The fourth-order valence-corrected chi connectivity index (χ4v) is 2.61. The molecule has 0 heterocycles. The van der Waals surface area contributed by atoms with Gasteiger partial charge in [0.15, 0.2) is 0 Å². The van der Waals surface area contributed by atoms with Gasteiger partial charge in [-0.2, -0.15) is 0 Å². The van der Waals surface area contributed by atoms with Crippen molar-refractivity contribution in [1.82, 2.24) is 5.32 Å². The zero-order valence-electron chi connectivity index (χ0n) is 13.9. The number of carbonyl (C=O) groups is 2. The van der Waals surface area contributed by atoms with Gasteiger partial charge in [0.25, 0.3) is 0 Å². The van der Waals surface area contributed by atoms with Crippen molar-refractivity contribution in [3.05, 3.63) is 36.9 Å². The summed E-state index contributed by atoms with van der Waals surface area (Å²) in [4.78, 5) is 26.8. The van der Waals surface area contributed by atoms with E-state index in [-0.39, 0.29) is 11.8 Å². The molecule has 0 radical (unpaired) electrons. The highest BCUT2D eigenvalue weighted by atomic mass is 16.2. The third-order valence-corrected chi connectivity index (χ3v) is 4.28. The Bertz CT molecular complexity index is 572. The molecule has 0 unspecified atom stereocenters. The first-order valence-electron chi connectivity index (χ1n) is 8.13. The number of rotatable bonds is 8. The minimum Gasteiger partial charge on any atom is -0.372 e. The van der Waals surface area contributed by atoms with Crippen molar-refractivity contribution in [2.24, 2.45) is 5.41 Å². The molecular formula is C18H25N3O2. The van der Waals surface area contributed by atoms with Crippen LogP contribution >= 0.6 is 0 Å². The van der Waals surface area contributed by atoms with Crippen LogP contribution in [0.25, 0.3) is 0 Å². The predicted molar refractivity (Wildman–Crippen MR) is 93.5 cm³/mol.